The van der Waals surface area contributed by atoms with E-state index in [1.807, 2.05) is 74.5 Å². The number of nitrogens with zero attached hydrogens (tertiary/aromatic N) is 3. The number of anilines is 3. The van der Waals surface area contributed by atoms with E-state index in [1.165, 1.54) is 11.3 Å². The Kier molecular flexibility index (Phi) is 5.64. The summed E-state index contributed by atoms with van der Waals surface area (Å²) in [4.78, 5) is 34.7. The molecule has 166 valence electrons. The minimum atomic E-state index is -0.481. The lowest BCUT2D eigenvalue weighted by Gasteiger charge is -2.24. The second kappa shape index (κ2) is 8.61. The van der Waals surface area contributed by atoms with Crippen molar-refractivity contribution in [1.82, 2.24) is 4.98 Å². The summed E-state index contributed by atoms with van der Waals surface area (Å²) in [5.41, 5.74) is 4.34. The highest BCUT2D eigenvalue weighted by Crippen LogP contribution is 2.37. The first-order chi connectivity index (χ1) is 15.9. The third-order valence-corrected chi connectivity index (χ3v) is 7.36. The highest BCUT2D eigenvalue weighted by Gasteiger charge is 2.39. The molecule has 0 aliphatic carbocycles. The highest BCUT2D eigenvalue weighted by atomic mass is 35.5. The van der Waals surface area contributed by atoms with Gasteiger partial charge in [0.15, 0.2) is 5.13 Å². The van der Waals surface area contributed by atoms with E-state index in [-0.39, 0.29) is 18.2 Å². The molecule has 7 heteroatoms. The van der Waals surface area contributed by atoms with Crippen LogP contribution in [0.1, 0.15) is 17.5 Å². The van der Waals surface area contributed by atoms with E-state index in [9.17, 15) is 9.59 Å². The highest BCUT2D eigenvalue weighted by molar-refractivity contribution is 7.22. The molecule has 0 bridgehead atoms. The fourth-order valence-corrected chi connectivity index (χ4v) is 5.21. The molecule has 1 aromatic heterocycles. The number of hydrogen-bond acceptors (Lipinski definition) is 4. The number of benzene rings is 3. The third-order valence-electron chi connectivity index (χ3n) is 5.93. The van der Waals surface area contributed by atoms with Crippen molar-refractivity contribution in [3.05, 3.63) is 82.9 Å². The van der Waals surface area contributed by atoms with Gasteiger partial charge in [0.1, 0.15) is 0 Å². The number of para-hydroxylation sites is 1. The van der Waals surface area contributed by atoms with Crippen molar-refractivity contribution >= 4 is 61.5 Å². The van der Waals surface area contributed by atoms with Crippen LogP contribution in [0.5, 0.6) is 0 Å². The smallest absolute Gasteiger partial charge is 0.238 e. The average molecular weight is 476 g/mol. The average Bonchev–Trinajstić information content (AvgIpc) is 3.40. The number of halogens is 1. The van der Waals surface area contributed by atoms with E-state index in [0.717, 1.165) is 27.0 Å². The van der Waals surface area contributed by atoms with Crippen molar-refractivity contribution in [3.63, 3.8) is 0 Å². The van der Waals surface area contributed by atoms with Gasteiger partial charge in [0, 0.05) is 23.7 Å². The van der Waals surface area contributed by atoms with E-state index in [1.54, 1.807) is 15.9 Å². The molecule has 1 fully saturated rings. The van der Waals surface area contributed by atoms with Gasteiger partial charge in [0.05, 0.1) is 21.8 Å². The summed E-state index contributed by atoms with van der Waals surface area (Å²) < 4.78 is 0.993. The minimum absolute atomic E-state index is 0.0524. The zero-order valence-electron chi connectivity index (χ0n) is 18.3. The maximum absolute atomic E-state index is 13.9. The molecule has 0 saturated carbocycles. The predicted octanol–water partition coefficient (Wildman–Crippen LogP) is 6.28. The second-order valence-corrected chi connectivity index (χ2v) is 9.73. The number of fused-ring (bicyclic) bond motifs is 1. The maximum Gasteiger partial charge on any atom is 0.238 e. The summed E-state index contributed by atoms with van der Waals surface area (Å²) in [7, 11) is 0. The quantitative estimate of drug-likeness (QED) is 0.349. The number of rotatable bonds is 4. The van der Waals surface area contributed by atoms with Crippen LogP contribution in [0.3, 0.4) is 0 Å². The Bertz CT molecular complexity index is 1330. The molecule has 2 heterocycles. The molecule has 0 spiro atoms. The van der Waals surface area contributed by atoms with Crippen LogP contribution in [0.15, 0.2) is 66.7 Å². The number of thiazole rings is 1. The number of aryl methyl sites for hydroxylation is 2. The van der Waals surface area contributed by atoms with Gasteiger partial charge in [0.2, 0.25) is 11.8 Å². The molecule has 5 nitrogen and oxygen atoms in total. The summed E-state index contributed by atoms with van der Waals surface area (Å²) in [6, 6.07) is 21.1. The summed E-state index contributed by atoms with van der Waals surface area (Å²) in [6.45, 7) is 4.26. The summed E-state index contributed by atoms with van der Waals surface area (Å²) in [5.74, 6) is -0.689. The maximum atomic E-state index is 13.9. The summed E-state index contributed by atoms with van der Waals surface area (Å²) in [5, 5.41) is 1.15. The molecule has 2 amide bonds. The molecule has 0 N–H and O–H groups in total. The van der Waals surface area contributed by atoms with Crippen molar-refractivity contribution in [2.75, 3.05) is 16.3 Å². The second-order valence-electron chi connectivity index (χ2n) is 8.31. The van der Waals surface area contributed by atoms with Crippen LogP contribution in [0.2, 0.25) is 5.02 Å². The lowest BCUT2D eigenvalue weighted by molar-refractivity contribution is -0.123. The first kappa shape index (κ1) is 21.6. The Hall–Kier alpha value is -3.22. The van der Waals surface area contributed by atoms with Gasteiger partial charge < -0.3 is 4.90 Å². The first-order valence-corrected chi connectivity index (χ1v) is 11.9. The van der Waals surface area contributed by atoms with Crippen LogP contribution in [-0.4, -0.2) is 23.3 Å². The third kappa shape index (κ3) is 4.12. The van der Waals surface area contributed by atoms with E-state index >= 15 is 0 Å². The number of aromatic nitrogens is 1. The van der Waals surface area contributed by atoms with E-state index in [0.29, 0.717) is 22.4 Å². The van der Waals surface area contributed by atoms with E-state index in [2.05, 4.69) is 0 Å². The molecule has 1 aliphatic rings. The predicted molar refractivity (Wildman–Crippen MR) is 135 cm³/mol. The number of carbonyl (C=O) groups excluding carboxylic acids is 2. The fraction of sp³-hybridized carbons (Fsp3) is 0.192. The lowest BCUT2D eigenvalue weighted by Crippen LogP contribution is -2.34. The van der Waals surface area contributed by atoms with Gasteiger partial charge in [0.25, 0.3) is 0 Å². The van der Waals surface area contributed by atoms with Crippen LogP contribution in [0.4, 0.5) is 16.5 Å². The van der Waals surface area contributed by atoms with Crippen molar-refractivity contribution in [2.24, 2.45) is 5.92 Å². The van der Waals surface area contributed by atoms with Gasteiger partial charge in [-0.2, -0.15) is 0 Å². The van der Waals surface area contributed by atoms with Crippen molar-refractivity contribution < 1.29 is 9.59 Å². The number of carbonyl (C=O) groups is 2. The van der Waals surface area contributed by atoms with Crippen LogP contribution in [0, 0.1) is 19.8 Å². The molecule has 33 heavy (non-hydrogen) atoms. The molecule has 5 rings (SSSR count). The summed E-state index contributed by atoms with van der Waals surface area (Å²) >= 11 is 7.86. The normalized spacial score (nSPS) is 15.9. The van der Waals surface area contributed by atoms with Crippen molar-refractivity contribution in [1.29, 1.82) is 0 Å². The van der Waals surface area contributed by atoms with Gasteiger partial charge in [-0.05, 0) is 55.8 Å². The molecule has 1 atom stereocenters. The molecular weight excluding hydrogens is 454 g/mol. The van der Waals surface area contributed by atoms with Gasteiger partial charge in [-0.1, -0.05) is 58.8 Å². The Morgan fingerprint density at radius 3 is 2.58 bits per heavy atom. The lowest BCUT2D eigenvalue weighted by atomic mass is 10.1. The summed E-state index contributed by atoms with van der Waals surface area (Å²) in [6.07, 6.45) is 0.160. The molecule has 4 aromatic rings. The van der Waals surface area contributed by atoms with Crippen LogP contribution in [-0.2, 0) is 9.59 Å². The van der Waals surface area contributed by atoms with Crippen LogP contribution in [0.25, 0.3) is 10.2 Å². The zero-order chi connectivity index (χ0) is 23.1. The van der Waals surface area contributed by atoms with Crippen molar-refractivity contribution in [3.8, 4) is 0 Å². The largest absolute Gasteiger partial charge is 0.312 e. The molecule has 3 aromatic carbocycles. The van der Waals surface area contributed by atoms with Gasteiger partial charge >= 0.3 is 0 Å². The zero-order valence-corrected chi connectivity index (χ0v) is 19.9. The topological polar surface area (TPSA) is 53.5 Å². The van der Waals surface area contributed by atoms with Gasteiger partial charge in [-0.15, -0.1) is 0 Å². The number of amides is 2. The molecule has 0 radical (unpaired) electrons. The van der Waals surface area contributed by atoms with E-state index in [4.69, 9.17) is 16.6 Å². The van der Waals surface area contributed by atoms with Crippen molar-refractivity contribution in [2.45, 2.75) is 20.3 Å². The van der Waals surface area contributed by atoms with E-state index < -0.39 is 5.92 Å². The number of hydrogen-bond donors (Lipinski definition) is 0. The molecule has 1 aliphatic heterocycles. The first-order valence-electron chi connectivity index (χ1n) is 10.7. The Morgan fingerprint density at radius 2 is 1.85 bits per heavy atom. The minimum Gasteiger partial charge on any atom is -0.312 e. The molecule has 0 unspecified atom stereocenters. The standard InChI is InChI=1S/C26H22ClN3O2S/c1-16-7-10-19(11-8-16)29-15-18(13-24(29)31)25(32)30(20-12-9-17(2)21(27)14-20)26-28-22-5-3-4-6-23(22)33-26/h3-12,14,18H,13,15H2,1-2H3/t18-/m0/s1. The van der Waals surface area contributed by atoms with Gasteiger partial charge in [-0.3, -0.25) is 14.5 Å². The Labute approximate surface area is 201 Å². The molecule has 1 saturated heterocycles. The SMILES string of the molecule is Cc1ccc(N2C[C@@H](C(=O)N(c3ccc(C)c(Cl)c3)c3nc4ccccc4s3)CC2=O)cc1. The molecular formula is C26H22ClN3O2S. The monoisotopic (exact) mass is 475 g/mol. The van der Waals surface area contributed by atoms with Gasteiger partial charge in [-0.25, -0.2) is 4.98 Å². The Balaban J connectivity index is 1.52. The fourth-order valence-electron chi connectivity index (χ4n) is 4.04. The van der Waals surface area contributed by atoms with Crippen LogP contribution >= 0.6 is 22.9 Å². The van der Waals surface area contributed by atoms with Crippen LogP contribution < -0.4 is 9.80 Å². The Morgan fingerprint density at radius 1 is 1.09 bits per heavy atom.